The first kappa shape index (κ1) is 24.3. The number of carboxylic acids is 3. The number of hydrogen-bond donors (Lipinski definition) is 6. The molecule has 0 spiro atoms. The van der Waals surface area contributed by atoms with Crippen molar-refractivity contribution in [3.05, 3.63) is 0 Å². The highest BCUT2D eigenvalue weighted by Crippen LogP contribution is 2.09. The summed E-state index contributed by atoms with van der Waals surface area (Å²) in [6.45, 7) is 3.38. The Labute approximate surface area is 156 Å². The van der Waals surface area contributed by atoms with Crippen molar-refractivity contribution in [2.75, 3.05) is 0 Å². The van der Waals surface area contributed by atoms with Gasteiger partial charge in [-0.05, 0) is 18.8 Å². The van der Waals surface area contributed by atoms with Gasteiger partial charge in [-0.1, -0.05) is 20.3 Å². The highest BCUT2D eigenvalue weighted by Gasteiger charge is 2.30. The standard InChI is InChI=1S/C16H27N3O8/c1-3-8(2)13(16(26)27)19-15(25)10(5-7-12(22)23)18-14(24)9(17)4-6-11(20)21/h8-10,13H,3-7,17H2,1-2H3,(H,18,24)(H,19,25)(H,20,21)(H,22,23)(H,26,27). The van der Waals surface area contributed by atoms with E-state index in [4.69, 9.17) is 15.9 Å². The van der Waals surface area contributed by atoms with E-state index < -0.39 is 54.3 Å². The van der Waals surface area contributed by atoms with Gasteiger partial charge in [-0.2, -0.15) is 0 Å². The Kier molecular flexibility index (Phi) is 10.7. The van der Waals surface area contributed by atoms with Gasteiger partial charge in [0, 0.05) is 12.8 Å². The molecule has 0 aromatic rings. The molecule has 0 aliphatic heterocycles. The minimum Gasteiger partial charge on any atom is -0.481 e. The molecule has 0 rings (SSSR count). The molecule has 0 saturated carbocycles. The van der Waals surface area contributed by atoms with Gasteiger partial charge in [0.25, 0.3) is 0 Å². The minimum absolute atomic E-state index is 0.168. The van der Waals surface area contributed by atoms with E-state index in [0.29, 0.717) is 6.42 Å². The van der Waals surface area contributed by atoms with Crippen molar-refractivity contribution in [2.45, 2.75) is 64.1 Å². The molecular formula is C16H27N3O8. The predicted molar refractivity (Wildman–Crippen MR) is 92.7 cm³/mol. The van der Waals surface area contributed by atoms with Crippen molar-refractivity contribution >= 4 is 29.7 Å². The summed E-state index contributed by atoms with van der Waals surface area (Å²) in [7, 11) is 0. The summed E-state index contributed by atoms with van der Waals surface area (Å²) in [5.74, 6) is -5.65. The first-order valence-electron chi connectivity index (χ1n) is 8.52. The zero-order valence-electron chi connectivity index (χ0n) is 15.3. The molecule has 0 aromatic heterocycles. The van der Waals surface area contributed by atoms with Crippen LogP contribution in [-0.4, -0.2) is 63.2 Å². The zero-order chi connectivity index (χ0) is 21.1. The Bertz CT molecular complexity index is 566. The molecule has 4 atom stereocenters. The van der Waals surface area contributed by atoms with Crippen LogP contribution in [-0.2, 0) is 24.0 Å². The molecule has 4 unspecified atom stereocenters. The molecule has 11 heteroatoms. The molecule has 0 aliphatic rings. The van der Waals surface area contributed by atoms with Crippen molar-refractivity contribution in [2.24, 2.45) is 11.7 Å². The average molecular weight is 389 g/mol. The van der Waals surface area contributed by atoms with E-state index in [2.05, 4.69) is 10.6 Å². The van der Waals surface area contributed by atoms with Gasteiger partial charge in [0.2, 0.25) is 11.8 Å². The molecule has 11 nitrogen and oxygen atoms in total. The van der Waals surface area contributed by atoms with Gasteiger partial charge >= 0.3 is 17.9 Å². The summed E-state index contributed by atoms with van der Waals surface area (Å²) in [4.78, 5) is 57.1. The maximum atomic E-state index is 12.4. The Hall–Kier alpha value is -2.69. The van der Waals surface area contributed by atoms with Gasteiger partial charge in [-0.25, -0.2) is 4.79 Å². The van der Waals surface area contributed by atoms with Crippen LogP contribution in [0.15, 0.2) is 0 Å². The number of carboxylic acid groups (broad SMARTS) is 3. The first-order chi connectivity index (χ1) is 12.5. The van der Waals surface area contributed by atoms with Crippen LogP contribution in [0.3, 0.4) is 0 Å². The Morgan fingerprint density at radius 2 is 1.41 bits per heavy atom. The second-order valence-electron chi connectivity index (χ2n) is 6.24. The lowest BCUT2D eigenvalue weighted by Crippen LogP contribution is -2.55. The summed E-state index contributed by atoms with van der Waals surface area (Å²) >= 11 is 0. The number of carbonyl (C=O) groups excluding carboxylic acids is 2. The van der Waals surface area contributed by atoms with E-state index in [-0.39, 0.29) is 25.2 Å². The van der Waals surface area contributed by atoms with Crippen LogP contribution >= 0.6 is 0 Å². The smallest absolute Gasteiger partial charge is 0.326 e. The van der Waals surface area contributed by atoms with Crippen molar-refractivity contribution in [1.29, 1.82) is 0 Å². The lowest BCUT2D eigenvalue weighted by Gasteiger charge is -2.25. The van der Waals surface area contributed by atoms with E-state index in [1.54, 1.807) is 13.8 Å². The van der Waals surface area contributed by atoms with Crippen LogP contribution in [0.5, 0.6) is 0 Å². The number of carbonyl (C=O) groups is 5. The maximum Gasteiger partial charge on any atom is 0.326 e. The zero-order valence-corrected chi connectivity index (χ0v) is 15.3. The normalized spacial score (nSPS) is 15.1. The summed E-state index contributed by atoms with van der Waals surface area (Å²) in [5.41, 5.74) is 5.57. The largest absolute Gasteiger partial charge is 0.481 e. The predicted octanol–water partition coefficient (Wildman–Crippen LogP) is -0.856. The summed E-state index contributed by atoms with van der Waals surface area (Å²) in [6, 6.07) is -3.71. The fourth-order valence-corrected chi connectivity index (χ4v) is 2.16. The number of amides is 2. The van der Waals surface area contributed by atoms with E-state index >= 15 is 0 Å². The van der Waals surface area contributed by atoms with Crippen molar-refractivity contribution in [3.8, 4) is 0 Å². The van der Waals surface area contributed by atoms with E-state index in [1.165, 1.54) is 0 Å². The third kappa shape index (κ3) is 9.54. The number of nitrogens with one attached hydrogen (secondary N) is 2. The quantitative estimate of drug-likeness (QED) is 0.232. The van der Waals surface area contributed by atoms with Crippen molar-refractivity contribution in [3.63, 3.8) is 0 Å². The Balaban J connectivity index is 5.12. The van der Waals surface area contributed by atoms with Gasteiger partial charge in [0.15, 0.2) is 0 Å². The fourth-order valence-electron chi connectivity index (χ4n) is 2.16. The van der Waals surface area contributed by atoms with Gasteiger partial charge in [0.1, 0.15) is 12.1 Å². The number of rotatable bonds is 13. The number of aliphatic carboxylic acids is 3. The summed E-state index contributed by atoms with van der Waals surface area (Å²) in [6.07, 6.45) is -0.757. The Morgan fingerprint density at radius 3 is 1.85 bits per heavy atom. The van der Waals surface area contributed by atoms with Gasteiger partial charge in [-0.15, -0.1) is 0 Å². The second-order valence-corrected chi connectivity index (χ2v) is 6.24. The van der Waals surface area contributed by atoms with Crippen LogP contribution in [0.25, 0.3) is 0 Å². The second kappa shape index (κ2) is 11.8. The molecule has 2 amide bonds. The molecule has 154 valence electrons. The third-order valence-electron chi connectivity index (χ3n) is 4.06. The van der Waals surface area contributed by atoms with Gasteiger partial charge in [0.05, 0.1) is 6.04 Å². The topological polar surface area (TPSA) is 196 Å². The van der Waals surface area contributed by atoms with Crippen molar-refractivity contribution < 1.29 is 39.3 Å². The van der Waals surface area contributed by atoms with Crippen LogP contribution < -0.4 is 16.4 Å². The molecule has 7 N–H and O–H groups in total. The first-order valence-corrected chi connectivity index (χ1v) is 8.52. The molecule has 0 radical (unpaired) electrons. The number of hydrogen-bond acceptors (Lipinski definition) is 6. The molecule has 0 aliphatic carbocycles. The van der Waals surface area contributed by atoms with Crippen LogP contribution in [0.2, 0.25) is 0 Å². The van der Waals surface area contributed by atoms with Crippen molar-refractivity contribution in [1.82, 2.24) is 10.6 Å². The molecule has 0 heterocycles. The van der Waals surface area contributed by atoms with E-state index in [9.17, 15) is 29.1 Å². The monoisotopic (exact) mass is 389 g/mol. The van der Waals surface area contributed by atoms with E-state index in [1.807, 2.05) is 0 Å². The van der Waals surface area contributed by atoms with Gasteiger partial charge in [-0.3, -0.25) is 19.2 Å². The average Bonchev–Trinajstić information content (AvgIpc) is 2.59. The molecule has 0 aromatic carbocycles. The third-order valence-corrected chi connectivity index (χ3v) is 4.06. The van der Waals surface area contributed by atoms with Gasteiger partial charge < -0.3 is 31.7 Å². The molecular weight excluding hydrogens is 362 g/mol. The lowest BCUT2D eigenvalue weighted by atomic mass is 9.98. The van der Waals surface area contributed by atoms with Crippen LogP contribution in [0.4, 0.5) is 0 Å². The van der Waals surface area contributed by atoms with Crippen LogP contribution in [0.1, 0.15) is 46.0 Å². The molecule has 0 fully saturated rings. The fraction of sp³-hybridized carbons (Fsp3) is 0.688. The molecule has 27 heavy (non-hydrogen) atoms. The van der Waals surface area contributed by atoms with Crippen LogP contribution in [0, 0.1) is 5.92 Å². The highest BCUT2D eigenvalue weighted by molar-refractivity contribution is 5.92. The maximum absolute atomic E-state index is 12.4. The van der Waals surface area contributed by atoms with E-state index in [0.717, 1.165) is 0 Å². The highest BCUT2D eigenvalue weighted by atomic mass is 16.4. The minimum atomic E-state index is -1.31. The molecule has 0 bridgehead atoms. The summed E-state index contributed by atoms with van der Waals surface area (Å²) in [5, 5.41) is 31.2. The Morgan fingerprint density at radius 1 is 0.889 bits per heavy atom. The molecule has 0 saturated heterocycles. The number of nitrogens with two attached hydrogens (primary N) is 1. The lowest BCUT2D eigenvalue weighted by molar-refractivity contribution is -0.144. The summed E-state index contributed by atoms with van der Waals surface area (Å²) < 4.78 is 0. The SMILES string of the molecule is CCC(C)C(NC(=O)C(CCC(=O)O)NC(=O)C(N)CCC(=O)O)C(=O)O.